The van der Waals surface area contributed by atoms with E-state index in [-0.39, 0.29) is 12.2 Å². The molecule has 2 heterocycles. The summed E-state index contributed by atoms with van der Waals surface area (Å²) in [5.41, 5.74) is 0.457. The molecule has 1 unspecified atom stereocenters. The van der Waals surface area contributed by atoms with E-state index in [9.17, 15) is 4.79 Å². The van der Waals surface area contributed by atoms with Gasteiger partial charge in [0.1, 0.15) is 11.7 Å². The summed E-state index contributed by atoms with van der Waals surface area (Å²) in [6, 6.07) is 0. The highest BCUT2D eigenvalue weighted by Gasteiger charge is 2.30. The Bertz CT molecular complexity index is 505. The number of morpholine rings is 1. The molecule has 116 valence electrons. The van der Waals surface area contributed by atoms with Gasteiger partial charge in [-0.1, -0.05) is 6.08 Å². The summed E-state index contributed by atoms with van der Waals surface area (Å²) in [5.74, 6) is 0. The number of amides is 1. The van der Waals surface area contributed by atoms with Crippen LogP contribution in [-0.4, -0.2) is 45.8 Å². The van der Waals surface area contributed by atoms with Gasteiger partial charge in [0, 0.05) is 13.1 Å². The number of carbonyl (C=O) groups is 1. The molecular weight excluding hydrogens is 270 g/mol. The third-order valence-electron chi connectivity index (χ3n) is 3.12. The molecule has 6 heteroatoms. The highest BCUT2D eigenvalue weighted by atomic mass is 16.6. The molecule has 2 rings (SSSR count). The van der Waals surface area contributed by atoms with Gasteiger partial charge in [0.2, 0.25) is 0 Å². The molecule has 21 heavy (non-hydrogen) atoms. The molecule has 1 aliphatic rings. The summed E-state index contributed by atoms with van der Waals surface area (Å²) >= 11 is 0. The van der Waals surface area contributed by atoms with Crippen molar-refractivity contribution < 1.29 is 14.3 Å². The summed E-state index contributed by atoms with van der Waals surface area (Å²) in [7, 11) is 0. The van der Waals surface area contributed by atoms with Crippen molar-refractivity contribution in [1.29, 1.82) is 0 Å². The fraction of sp³-hybridized carbons (Fsp3) is 0.600. The first kappa shape index (κ1) is 15.6. The second-order valence-electron chi connectivity index (χ2n) is 6.05. The van der Waals surface area contributed by atoms with Gasteiger partial charge in [0.25, 0.3) is 0 Å². The van der Waals surface area contributed by atoms with Crippen LogP contribution in [0.2, 0.25) is 0 Å². The monoisotopic (exact) mass is 293 g/mol. The standard InChI is InChI=1S/C15H23N3O3/c1-5-6-18-11-16-9-12(18)13-10-17(7-8-20-13)14(19)21-15(2,3)4/h5,9,11,13H,1,6-8,10H2,2-4H3. The molecule has 0 N–H and O–H groups in total. The number of hydrogen-bond acceptors (Lipinski definition) is 4. The minimum Gasteiger partial charge on any atom is -0.444 e. The summed E-state index contributed by atoms with van der Waals surface area (Å²) < 4.78 is 13.2. The molecule has 0 aromatic carbocycles. The van der Waals surface area contributed by atoms with Crippen LogP contribution in [0.1, 0.15) is 32.6 Å². The smallest absolute Gasteiger partial charge is 0.410 e. The molecule has 0 bridgehead atoms. The Labute approximate surface area is 125 Å². The van der Waals surface area contributed by atoms with Crippen molar-refractivity contribution in [3.63, 3.8) is 0 Å². The van der Waals surface area contributed by atoms with Crippen LogP contribution >= 0.6 is 0 Å². The molecule has 1 aliphatic heterocycles. The molecule has 6 nitrogen and oxygen atoms in total. The van der Waals surface area contributed by atoms with E-state index in [0.717, 1.165) is 5.69 Å². The lowest BCUT2D eigenvalue weighted by atomic mass is 10.2. The van der Waals surface area contributed by atoms with Gasteiger partial charge in [-0.05, 0) is 20.8 Å². The summed E-state index contributed by atoms with van der Waals surface area (Å²) in [5, 5.41) is 0. The normalized spacial score (nSPS) is 19.4. The Hall–Kier alpha value is -1.82. The van der Waals surface area contributed by atoms with E-state index in [0.29, 0.717) is 26.2 Å². The van der Waals surface area contributed by atoms with Crippen LogP contribution in [0.5, 0.6) is 0 Å². The van der Waals surface area contributed by atoms with Crippen molar-refractivity contribution in [2.24, 2.45) is 0 Å². The van der Waals surface area contributed by atoms with Crippen molar-refractivity contribution in [2.45, 2.75) is 39.0 Å². The van der Waals surface area contributed by atoms with Gasteiger partial charge in [-0.2, -0.15) is 0 Å². The van der Waals surface area contributed by atoms with Crippen LogP contribution in [0.15, 0.2) is 25.2 Å². The second kappa shape index (κ2) is 6.30. The predicted molar refractivity (Wildman–Crippen MR) is 78.9 cm³/mol. The van der Waals surface area contributed by atoms with E-state index in [1.807, 2.05) is 25.3 Å². The SMILES string of the molecule is C=CCn1cncc1C1CN(C(=O)OC(C)(C)C)CCO1. The maximum atomic E-state index is 12.1. The molecule has 1 aromatic heterocycles. The average Bonchev–Trinajstić information content (AvgIpc) is 2.86. The van der Waals surface area contributed by atoms with Gasteiger partial charge < -0.3 is 18.9 Å². The van der Waals surface area contributed by atoms with Gasteiger partial charge in [0.15, 0.2) is 0 Å². The topological polar surface area (TPSA) is 56.6 Å². The number of hydrogen-bond donors (Lipinski definition) is 0. The molecule has 0 radical (unpaired) electrons. The summed E-state index contributed by atoms with van der Waals surface area (Å²) in [6.45, 7) is 11.5. The maximum absolute atomic E-state index is 12.1. The van der Waals surface area contributed by atoms with Crippen LogP contribution in [0, 0.1) is 0 Å². The highest BCUT2D eigenvalue weighted by Crippen LogP contribution is 2.23. The van der Waals surface area contributed by atoms with Crippen molar-refractivity contribution in [3.8, 4) is 0 Å². The first-order valence-electron chi connectivity index (χ1n) is 7.11. The lowest BCUT2D eigenvalue weighted by molar-refractivity contribution is -0.0457. The van der Waals surface area contributed by atoms with Crippen molar-refractivity contribution in [2.75, 3.05) is 19.7 Å². The zero-order chi connectivity index (χ0) is 15.5. The van der Waals surface area contributed by atoms with Crippen molar-refractivity contribution in [1.82, 2.24) is 14.5 Å². The molecule has 1 aromatic rings. The number of ether oxygens (including phenoxy) is 2. The lowest BCUT2D eigenvalue weighted by Crippen LogP contribution is -2.45. The average molecular weight is 293 g/mol. The number of aromatic nitrogens is 2. The molecular formula is C15H23N3O3. The molecule has 0 saturated carbocycles. The van der Waals surface area contributed by atoms with E-state index >= 15 is 0 Å². The first-order chi connectivity index (χ1) is 9.90. The predicted octanol–water partition coefficient (Wildman–Crippen LogP) is 2.38. The van der Waals surface area contributed by atoms with Gasteiger partial charge in [-0.3, -0.25) is 0 Å². The summed E-state index contributed by atoms with van der Waals surface area (Å²) in [4.78, 5) is 18.0. The van der Waals surface area contributed by atoms with E-state index in [2.05, 4.69) is 11.6 Å². The van der Waals surface area contributed by atoms with Gasteiger partial charge in [-0.25, -0.2) is 9.78 Å². The van der Waals surface area contributed by atoms with Gasteiger partial charge in [-0.15, -0.1) is 6.58 Å². The molecule has 1 atom stereocenters. The number of rotatable bonds is 3. The first-order valence-corrected chi connectivity index (χ1v) is 7.11. The Morgan fingerprint density at radius 1 is 1.62 bits per heavy atom. The lowest BCUT2D eigenvalue weighted by Gasteiger charge is -2.34. The Morgan fingerprint density at radius 2 is 2.38 bits per heavy atom. The Morgan fingerprint density at radius 3 is 3.05 bits per heavy atom. The third-order valence-corrected chi connectivity index (χ3v) is 3.12. The zero-order valence-corrected chi connectivity index (χ0v) is 12.9. The van der Waals surface area contributed by atoms with E-state index < -0.39 is 5.60 Å². The van der Waals surface area contributed by atoms with Crippen molar-refractivity contribution >= 4 is 6.09 Å². The van der Waals surface area contributed by atoms with Gasteiger partial charge >= 0.3 is 6.09 Å². The second-order valence-corrected chi connectivity index (χ2v) is 6.05. The van der Waals surface area contributed by atoms with E-state index in [1.165, 1.54) is 0 Å². The van der Waals surface area contributed by atoms with E-state index in [1.54, 1.807) is 23.5 Å². The Kier molecular flexibility index (Phi) is 4.67. The molecule has 1 amide bonds. The number of imidazole rings is 1. The van der Waals surface area contributed by atoms with Gasteiger partial charge in [0.05, 0.1) is 31.4 Å². The van der Waals surface area contributed by atoms with Crippen LogP contribution in [0.25, 0.3) is 0 Å². The largest absolute Gasteiger partial charge is 0.444 e. The van der Waals surface area contributed by atoms with Crippen LogP contribution in [-0.2, 0) is 16.0 Å². The third kappa shape index (κ3) is 4.07. The fourth-order valence-electron chi connectivity index (χ4n) is 2.21. The van der Waals surface area contributed by atoms with Crippen LogP contribution < -0.4 is 0 Å². The zero-order valence-electron chi connectivity index (χ0n) is 12.9. The molecule has 0 spiro atoms. The van der Waals surface area contributed by atoms with Crippen LogP contribution in [0.4, 0.5) is 4.79 Å². The maximum Gasteiger partial charge on any atom is 0.410 e. The van der Waals surface area contributed by atoms with Crippen molar-refractivity contribution in [3.05, 3.63) is 30.9 Å². The number of allylic oxidation sites excluding steroid dienone is 1. The molecule has 1 saturated heterocycles. The molecule has 0 aliphatic carbocycles. The Balaban J connectivity index is 2.05. The number of nitrogens with zero attached hydrogens (tertiary/aromatic N) is 3. The minimum absolute atomic E-state index is 0.186. The minimum atomic E-state index is -0.491. The van der Waals surface area contributed by atoms with E-state index in [4.69, 9.17) is 9.47 Å². The van der Waals surface area contributed by atoms with Crippen LogP contribution in [0.3, 0.4) is 0 Å². The number of carbonyl (C=O) groups excluding carboxylic acids is 1. The highest BCUT2D eigenvalue weighted by molar-refractivity contribution is 5.68. The summed E-state index contributed by atoms with van der Waals surface area (Å²) in [6.07, 6.45) is 4.83. The fourth-order valence-corrected chi connectivity index (χ4v) is 2.21. The quantitative estimate of drug-likeness (QED) is 0.803. The molecule has 1 fully saturated rings.